The Morgan fingerprint density at radius 3 is 2.77 bits per heavy atom. The summed E-state index contributed by atoms with van der Waals surface area (Å²) in [6.07, 6.45) is 8.51. The van der Waals surface area contributed by atoms with Crippen molar-refractivity contribution < 1.29 is 4.79 Å². The van der Waals surface area contributed by atoms with E-state index in [0.29, 0.717) is 5.82 Å². The molecular weight excluding hydrogens is 278 g/mol. The lowest BCUT2D eigenvalue weighted by Gasteiger charge is -1.98. The van der Waals surface area contributed by atoms with Gasteiger partial charge in [-0.3, -0.25) is 9.48 Å². The van der Waals surface area contributed by atoms with Crippen LogP contribution < -0.4 is 5.32 Å². The van der Waals surface area contributed by atoms with E-state index in [1.807, 2.05) is 36.5 Å². The molecule has 6 heteroatoms. The number of hydrogen-bond donors (Lipinski definition) is 1. The van der Waals surface area contributed by atoms with Crippen molar-refractivity contribution in [2.75, 3.05) is 5.32 Å². The largest absolute Gasteiger partial charge is 0.306 e. The molecule has 2 heterocycles. The van der Waals surface area contributed by atoms with E-state index in [9.17, 15) is 4.79 Å². The van der Waals surface area contributed by atoms with Crippen LogP contribution in [0.25, 0.3) is 11.8 Å². The van der Waals surface area contributed by atoms with Gasteiger partial charge in [0.2, 0.25) is 5.91 Å². The minimum absolute atomic E-state index is 0.230. The van der Waals surface area contributed by atoms with E-state index in [-0.39, 0.29) is 5.91 Å². The molecule has 3 rings (SSSR count). The van der Waals surface area contributed by atoms with Crippen LogP contribution in [0.4, 0.5) is 5.82 Å². The van der Waals surface area contributed by atoms with Crippen LogP contribution in [0, 0.1) is 0 Å². The second-order valence-electron chi connectivity index (χ2n) is 4.75. The number of rotatable bonds is 4. The zero-order valence-electron chi connectivity index (χ0n) is 12.0. The van der Waals surface area contributed by atoms with Gasteiger partial charge in [0, 0.05) is 37.1 Å². The van der Waals surface area contributed by atoms with Gasteiger partial charge < -0.3 is 5.32 Å². The van der Waals surface area contributed by atoms with E-state index in [1.54, 1.807) is 40.9 Å². The molecule has 1 amide bonds. The molecule has 0 spiro atoms. The van der Waals surface area contributed by atoms with E-state index in [0.717, 1.165) is 11.3 Å². The molecule has 3 aromatic rings. The van der Waals surface area contributed by atoms with Gasteiger partial charge in [0.25, 0.3) is 0 Å². The minimum Gasteiger partial charge on any atom is -0.306 e. The first-order valence-electron chi connectivity index (χ1n) is 6.79. The number of carbonyl (C=O) groups is 1. The molecule has 22 heavy (non-hydrogen) atoms. The third-order valence-corrected chi connectivity index (χ3v) is 3.02. The molecule has 0 bridgehead atoms. The molecule has 0 aliphatic carbocycles. The summed E-state index contributed by atoms with van der Waals surface area (Å²) in [6.45, 7) is 0. The molecule has 0 radical (unpaired) electrons. The fraction of sp³-hybridized carbons (Fsp3) is 0.0625. The second kappa shape index (κ2) is 6.09. The van der Waals surface area contributed by atoms with Crippen LogP contribution in [-0.2, 0) is 11.8 Å². The molecule has 0 aliphatic rings. The molecule has 1 aromatic carbocycles. The number of nitrogens with one attached hydrogen (secondary N) is 1. The minimum atomic E-state index is -0.230. The van der Waals surface area contributed by atoms with Crippen LogP contribution in [0.15, 0.2) is 61.1 Å². The first-order valence-corrected chi connectivity index (χ1v) is 6.79. The highest BCUT2D eigenvalue weighted by Crippen LogP contribution is 2.09. The van der Waals surface area contributed by atoms with Gasteiger partial charge in [-0.05, 0) is 18.2 Å². The number of nitrogens with zero attached hydrogens (tertiary/aromatic N) is 4. The summed E-state index contributed by atoms with van der Waals surface area (Å²) in [4.78, 5) is 11.8. The maximum absolute atomic E-state index is 11.8. The van der Waals surface area contributed by atoms with Crippen molar-refractivity contribution in [3.63, 3.8) is 0 Å². The number of para-hydroxylation sites is 1. The van der Waals surface area contributed by atoms with Crippen LogP contribution in [0.1, 0.15) is 5.56 Å². The highest BCUT2D eigenvalue weighted by Gasteiger charge is 2.01. The second-order valence-corrected chi connectivity index (χ2v) is 4.75. The van der Waals surface area contributed by atoms with Crippen molar-refractivity contribution in [3.05, 3.63) is 66.6 Å². The van der Waals surface area contributed by atoms with Gasteiger partial charge in [0.15, 0.2) is 5.82 Å². The van der Waals surface area contributed by atoms with Crippen molar-refractivity contribution in [2.24, 2.45) is 7.05 Å². The van der Waals surface area contributed by atoms with Gasteiger partial charge >= 0.3 is 0 Å². The van der Waals surface area contributed by atoms with Crippen molar-refractivity contribution in [1.29, 1.82) is 0 Å². The van der Waals surface area contributed by atoms with E-state index < -0.39 is 0 Å². The predicted octanol–water partition coefficient (Wildman–Crippen LogP) is 2.26. The Morgan fingerprint density at radius 1 is 1.23 bits per heavy atom. The molecule has 0 aliphatic heterocycles. The maximum Gasteiger partial charge on any atom is 0.249 e. The molecule has 0 fully saturated rings. The quantitative estimate of drug-likeness (QED) is 0.750. The van der Waals surface area contributed by atoms with Crippen LogP contribution in [0.2, 0.25) is 0 Å². The summed E-state index contributed by atoms with van der Waals surface area (Å²) in [5.41, 5.74) is 1.82. The molecule has 0 unspecified atom stereocenters. The standard InChI is InChI=1S/C16H15N5O/c1-20-10-9-15(19-20)18-16(22)8-7-13-11-17-21(12-13)14-5-3-2-4-6-14/h2-12H,1H3,(H,18,19,22)/b8-7+. The van der Waals surface area contributed by atoms with E-state index in [1.165, 1.54) is 6.08 Å². The number of hydrogen-bond acceptors (Lipinski definition) is 3. The van der Waals surface area contributed by atoms with E-state index in [2.05, 4.69) is 15.5 Å². The zero-order chi connectivity index (χ0) is 15.4. The average Bonchev–Trinajstić information content (AvgIpc) is 3.15. The van der Waals surface area contributed by atoms with Gasteiger partial charge in [0.1, 0.15) is 0 Å². The third-order valence-electron chi connectivity index (χ3n) is 3.02. The number of aromatic nitrogens is 4. The third kappa shape index (κ3) is 3.29. The summed E-state index contributed by atoms with van der Waals surface area (Å²) in [7, 11) is 1.80. The molecular formula is C16H15N5O. The van der Waals surface area contributed by atoms with Crippen molar-refractivity contribution >= 4 is 17.8 Å². The fourth-order valence-electron chi connectivity index (χ4n) is 1.97. The van der Waals surface area contributed by atoms with Crippen LogP contribution in [0.3, 0.4) is 0 Å². The normalized spacial score (nSPS) is 11.0. The van der Waals surface area contributed by atoms with Crippen LogP contribution in [0.5, 0.6) is 0 Å². The lowest BCUT2D eigenvalue weighted by Crippen LogP contribution is -2.08. The number of carbonyl (C=O) groups excluding carboxylic acids is 1. The molecule has 0 saturated carbocycles. The maximum atomic E-state index is 11.8. The highest BCUT2D eigenvalue weighted by atomic mass is 16.1. The highest BCUT2D eigenvalue weighted by molar-refractivity contribution is 6.01. The van der Waals surface area contributed by atoms with E-state index >= 15 is 0 Å². The number of benzene rings is 1. The molecule has 1 N–H and O–H groups in total. The van der Waals surface area contributed by atoms with Gasteiger partial charge in [-0.15, -0.1) is 0 Å². The topological polar surface area (TPSA) is 64.7 Å². The summed E-state index contributed by atoms with van der Waals surface area (Å²) in [6, 6.07) is 11.5. The van der Waals surface area contributed by atoms with Gasteiger partial charge in [-0.1, -0.05) is 18.2 Å². The summed E-state index contributed by atoms with van der Waals surface area (Å²) in [5.74, 6) is 0.295. The van der Waals surface area contributed by atoms with Crippen molar-refractivity contribution in [2.45, 2.75) is 0 Å². The monoisotopic (exact) mass is 293 g/mol. The van der Waals surface area contributed by atoms with E-state index in [4.69, 9.17) is 0 Å². The SMILES string of the molecule is Cn1ccc(NC(=O)/C=C/c2cnn(-c3ccccc3)c2)n1. The Labute approximate surface area is 127 Å². The predicted molar refractivity (Wildman–Crippen MR) is 84.4 cm³/mol. The average molecular weight is 293 g/mol. The lowest BCUT2D eigenvalue weighted by atomic mass is 10.3. The Hall–Kier alpha value is -3.15. The first kappa shape index (κ1) is 13.8. The fourth-order valence-corrected chi connectivity index (χ4v) is 1.97. The number of amides is 1. The van der Waals surface area contributed by atoms with Crippen LogP contribution >= 0.6 is 0 Å². The van der Waals surface area contributed by atoms with Gasteiger partial charge in [0.05, 0.1) is 11.9 Å². The zero-order valence-corrected chi connectivity index (χ0v) is 12.0. The van der Waals surface area contributed by atoms with Crippen LogP contribution in [-0.4, -0.2) is 25.5 Å². The smallest absolute Gasteiger partial charge is 0.249 e. The van der Waals surface area contributed by atoms with Gasteiger partial charge in [-0.25, -0.2) is 4.68 Å². The lowest BCUT2D eigenvalue weighted by molar-refractivity contribution is -0.111. The molecule has 0 atom stereocenters. The Kier molecular flexibility index (Phi) is 3.82. The van der Waals surface area contributed by atoms with Gasteiger partial charge in [-0.2, -0.15) is 10.2 Å². The molecule has 110 valence electrons. The summed E-state index contributed by atoms with van der Waals surface area (Å²) >= 11 is 0. The number of anilines is 1. The molecule has 0 saturated heterocycles. The Bertz CT molecular complexity index is 801. The van der Waals surface area contributed by atoms with Crippen molar-refractivity contribution in [3.8, 4) is 5.69 Å². The summed E-state index contributed by atoms with van der Waals surface area (Å²) in [5, 5.41) is 11.0. The summed E-state index contributed by atoms with van der Waals surface area (Å²) < 4.78 is 3.39. The van der Waals surface area contributed by atoms with Crippen molar-refractivity contribution in [1.82, 2.24) is 19.6 Å². The molecule has 6 nitrogen and oxygen atoms in total. The number of aryl methyl sites for hydroxylation is 1. The Morgan fingerprint density at radius 2 is 2.05 bits per heavy atom. The Balaban J connectivity index is 1.66. The molecule has 2 aromatic heterocycles. The first-order chi connectivity index (χ1) is 10.7.